The summed E-state index contributed by atoms with van der Waals surface area (Å²) in [5, 5.41) is 0. The SMILES string of the molecule is CCC1(CC)COP(C)(=O)OC1.CCC1(CC)COP(C)(=O)OC1.CCC1(CC)COP(C)(=O)OC1N. The first-order chi connectivity index (χ1) is 17.0. The van der Waals surface area contributed by atoms with E-state index in [1.54, 1.807) is 0 Å². The van der Waals surface area contributed by atoms with Crippen molar-refractivity contribution in [3.8, 4) is 0 Å². The Morgan fingerprint density at radius 1 is 0.568 bits per heavy atom. The van der Waals surface area contributed by atoms with Crippen LogP contribution in [0.1, 0.15) is 80.1 Å². The number of rotatable bonds is 6. The Balaban J connectivity index is 0.000000278. The lowest BCUT2D eigenvalue weighted by Crippen LogP contribution is -2.48. The summed E-state index contributed by atoms with van der Waals surface area (Å²) < 4.78 is 65.2. The van der Waals surface area contributed by atoms with Crippen LogP contribution in [0.5, 0.6) is 0 Å². The molecule has 0 amide bonds. The third-order valence-corrected chi connectivity index (χ3v) is 11.9. The zero-order valence-corrected chi connectivity index (χ0v) is 27.1. The average molecular weight is 592 g/mol. The van der Waals surface area contributed by atoms with Gasteiger partial charge in [-0.25, -0.2) is 0 Å². The predicted molar refractivity (Wildman–Crippen MR) is 148 cm³/mol. The highest BCUT2D eigenvalue weighted by atomic mass is 31.2. The summed E-state index contributed by atoms with van der Waals surface area (Å²) in [4.78, 5) is 0. The minimum absolute atomic E-state index is 0.101. The highest BCUT2D eigenvalue weighted by molar-refractivity contribution is 7.53. The summed E-state index contributed by atoms with van der Waals surface area (Å²) in [5.74, 6) is 0. The van der Waals surface area contributed by atoms with Crippen molar-refractivity contribution in [1.29, 1.82) is 0 Å². The van der Waals surface area contributed by atoms with Gasteiger partial charge in [0.15, 0.2) is 0 Å². The predicted octanol–water partition coefficient (Wildman–Crippen LogP) is 7.27. The molecule has 37 heavy (non-hydrogen) atoms. The number of hydrogen-bond acceptors (Lipinski definition) is 10. The third-order valence-electron chi connectivity index (χ3n) is 8.32. The van der Waals surface area contributed by atoms with Gasteiger partial charge < -0.3 is 28.4 Å². The first kappa shape index (κ1) is 35.4. The second-order valence-corrected chi connectivity index (χ2v) is 16.8. The molecule has 0 bridgehead atoms. The molecule has 2 unspecified atom stereocenters. The largest absolute Gasteiger partial charge is 0.329 e. The van der Waals surface area contributed by atoms with E-state index in [4.69, 9.17) is 32.9 Å². The van der Waals surface area contributed by atoms with Crippen LogP contribution in [0.25, 0.3) is 0 Å². The van der Waals surface area contributed by atoms with Gasteiger partial charge in [-0.05, 0) is 38.5 Å². The quantitative estimate of drug-likeness (QED) is 0.314. The van der Waals surface area contributed by atoms with Gasteiger partial charge in [0.05, 0.1) is 33.0 Å². The maximum Gasteiger partial charge on any atom is 0.329 e. The molecule has 0 saturated carbocycles. The van der Waals surface area contributed by atoms with Crippen molar-refractivity contribution in [3.63, 3.8) is 0 Å². The Morgan fingerprint density at radius 2 is 0.865 bits per heavy atom. The zero-order chi connectivity index (χ0) is 28.6. The minimum atomic E-state index is -2.87. The zero-order valence-electron chi connectivity index (χ0n) is 24.4. The molecule has 2 atom stereocenters. The van der Waals surface area contributed by atoms with E-state index >= 15 is 0 Å². The van der Waals surface area contributed by atoms with E-state index in [2.05, 4.69) is 27.7 Å². The Hall–Kier alpha value is 0.410. The van der Waals surface area contributed by atoms with Crippen LogP contribution in [-0.2, 0) is 40.8 Å². The molecule has 222 valence electrons. The lowest BCUT2D eigenvalue weighted by atomic mass is 9.82. The summed E-state index contributed by atoms with van der Waals surface area (Å²) in [5.41, 5.74) is 5.88. The molecule has 3 aliphatic heterocycles. The van der Waals surface area contributed by atoms with Crippen molar-refractivity contribution in [2.45, 2.75) is 86.3 Å². The fourth-order valence-electron chi connectivity index (χ4n) is 4.02. The molecule has 0 aromatic carbocycles. The van der Waals surface area contributed by atoms with E-state index in [-0.39, 0.29) is 16.2 Å². The smallest absolute Gasteiger partial charge is 0.308 e. The van der Waals surface area contributed by atoms with Crippen LogP contribution in [0.3, 0.4) is 0 Å². The van der Waals surface area contributed by atoms with Crippen molar-refractivity contribution < 1.29 is 40.8 Å². The molecule has 3 rings (SSSR count). The van der Waals surface area contributed by atoms with Gasteiger partial charge in [0.1, 0.15) is 6.23 Å². The van der Waals surface area contributed by atoms with Gasteiger partial charge in [-0.3, -0.25) is 18.2 Å². The molecular formula is C24H52NO9P3. The molecular weight excluding hydrogens is 539 g/mol. The van der Waals surface area contributed by atoms with E-state index in [0.717, 1.165) is 38.5 Å². The van der Waals surface area contributed by atoms with Gasteiger partial charge in [0.2, 0.25) is 0 Å². The Labute approximate surface area is 225 Å². The van der Waals surface area contributed by atoms with Gasteiger partial charge in [0, 0.05) is 36.2 Å². The molecule has 0 aliphatic carbocycles. The summed E-state index contributed by atoms with van der Waals surface area (Å²) in [6, 6.07) is 0. The lowest BCUT2D eigenvalue weighted by Gasteiger charge is -2.42. The molecule has 3 fully saturated rings. The van der Waals surface area contributed by atoms with Crippen LogP contribution in [0, 0.1) is 16.2 Å². The summed E-state index contributed by atoms with van der Waals surface area (Å²) in [6.07, 6.45) is 5.36. The van der Waals surface area contributed by atoms with Crippen molar-refractivity contribution >= 4 is 22.8 Å². The molecule has 3 saturated heterocycles. The second kappa shape index (κ2) is 14.3. The first-order valence-corrected chi connectivity index (χ1v) is 19.4. The molecule has 10 nitrogen and oxygen atoms in total. The van der Waals surface area contributed by atoms with Crippen molar-refractivity contribution in [1.82, 2.24) is 0 Å². The molecule has 3 aliphatic rings. The topological polar surface area (TPSA) is 133 Å². The standard InChI is InChI=1S/C8H18NO3P.2C8H17O3P/c1-4-8(5-2)6-11-13(3,10)12-7(8)9;2*1-4-8(5-2)6-10-12(3,9)11-7-8/h7H,4-6,9H2,1-3H3;2*4-7H2,1-3H3. The molecule has 2 N–H and O–H groups in total. The molecule has 0 spiro atoms. The van der Waals surface area contributed by atoms with Crippen LogP contribution in [0.4, 0.5) is 0 Å². The molecule has 3 heterocycles. The highest BCUT2D eigenvalue weighted by Gasteiger charge is 2.44. The van der Waals surface area contributed by atoms with E-state index < -0.39 is 29.0 Å². The van der Waals surface area contributed by atoms with Gasteiger partial charge in [-0.1, -0.05) is 41.5 Å². The molecule has 0 radical (unpaired) electrons. The van der Waals surface area contributed by atoms with Gasteiger partial charge in [-0.2, -0.15) is 0 Å². The van der Waals surface area contributed by atoms with E-state index in [0.29, 0.717) is 33.0 Å². The fourth-order valence-corrected chi connectivity index (χ4v) is 7.40. The lowest BCUT2D eigenvalue weighted by molar-refractivity contribution is -0.0466. The van der Waals surface area contributed by atoms with Gasteiger partial charge >= 0.3 is 22.8 Å². The monoisotopic (exact) mass is 591 g/mol. The normalized spacial score (nSPS) is 31.1. The van der Waals surface area contributed by atoms with E-state index in [9.17, 15) is 13.7 Å². The maximum absolute atomic E-state index is 11.4. The van der Waals surface area contributed by atoms with E-state index in [1.807, 2.05) is 13.8 Å². The van der Waals surface area contributed by atoms with Crippen LogP contribution in [0.2, 0.25) is 0 Å². The van der Waals surface area contributed by atoms with Crippen LogP contribution in [0.15, 0.2) is 0 Å². The summed E-state index contributed by atoms with van der Waals surface area (Å²) >= 11 is 0. The van der Waals surface area contributed by atoms with Crippen LogP contribution in [-0.4, -0.2) is 59.3 Å². The molecule has 0 aromatic rings. The van der Waals surface area contributed by atoms with E-state index in [1.165, 1.54) is 20.0 Å². The summed E-state index contributed by atoms with van der Waals surface area (Å²) in [6.45, 7) is 19.8. The minimum Gasteiger partial charge on any atom is -0.308 e. The van der Waals surface area contributed by atoms with Crippen LogP contribution < -0.4 is 5.73 Å². The molecule has 0 aromatic heterocycles. The highest BCUT2D eigenvalue weighted by Crippen LogP contribution is 2.54. The average Bonchev–Trinajstić information content (AvgIpc) is 2.86. The Morgan fingerprint density at radius 3 is 1.11 bits per heavy atom. The van der Waals surface area contributed by atoms with Crippen molar-refractivity contribution in [2.24, 2.45) is 22.0 Å². The maximum atomic E-state index is 11.4. The fraction of sp³-hybridized carbons (Fsp3) is 1.00. The molecule has 13 heteroatoms. The first-order valence-electron chi connectivity index (χ1n) is 13.4. The third kappa shape index (κ3) is 10.4. The number of nitrogens with two attached hydrogens (primary N) is 1. The van der Waals surface area contributed by atoms with Crippen molar-refractivity contribution in [3.05, 3.63) is 0 Å². The van der Waals surface area contributed by atoms with Gasteiger partial charge in [0.25, 0.3) is 0 Å². The Kier molecular flexibility index (Phi) is 13.7. The van der Waals surface area contributed by atoms with Crippen molar-refractivity contribution in [2.75, 3.05) is 53.0 Å². The van der Waals surface area contributed by atoms with Crippen LogP contribution >= 0.6 is 22.8 Å². The number of hydrogen-bond donors (Lipinski definition) is 1. The second-order valence-electron chi connectivity index (χ2n) is 10.7. The van der Waals surface area contributed by atoms with Gasteiger partial charge in [-0.15, -0.1) is 0 Å². The summed E-state index contributed by atoms with van der Waals surface area (Å²) in [7, 11) is -8.26. The Bertz CT molecular complexity index is 769.